The first kappa shape index (κ1) is 32.7. The number of esters is 1. The lowest BCUT2D eigenvalue weighted by atomic mass is 9.86. The van der Waals surface area contributed by atoms with Gasteiger partial charge in [-0.1, -0.05) is 75.2 Å². The van der Waals surface area contributed by atoms with E-state index in [0.29, 0.717) is 11.4 Å². The highest BCUT2D eigenvalue weighted by Gasteiger charge is 2.36. The Kier molecular flexibility index (Phi) is 10.5. The minimum atomic E-state index is -0.887. The number of carbonyl (C=O) groups excluding carboxylic acids is 3. The Hall–Kier alpha value is -4.17. The minimum Gasteiger partial charge on any atom is -0.461 e. The number of hydrogen-bond donors (Lipinski definition) is 4. The number of carbonyl (C=O) groups is 3. The van der Waals surface area contributed by atoms with Crippen LogP contribution in [0.15, 0.2) is 54.6 Å². The van der Waals surface area contributed by atoms with E-state index < -0.39 is 29.4 Å². The highest BCUT2D eigenvalue weighted by Crippen LogP contribution is 2.30. The molecular formula is C36H45N3O5. The molecule has 0 unspecified atom stereocenters. The van der Waals surface area contributed by atoms with Crippen LogP contribution in [0.25, 0.3) is 11.1 Å². The zero-order valence-electron chi connectivity index (χ0n) is 26.7. The molecule has 4 rings (SSSR count). The van der Waals surface area contributed by atoms with Gasteiger partial charge in [0.1, 0.15) is 12.1 Å². The molecule has 0 aromatic heterocycles. The predicted octanol–water partition coefficient (Wildman–Crippen LogP) is 7.44. The van der Waals surface area contributed by atoms with E-state index in [-0.39, 0.29) is 18.3 Å². The van der Waals surface area contributed by atoms with Crippen LogP contribution in [0.4, 0.5) is 16.2 Å². The summed E-state index contributed by atoms with van der Waals surface area (Å²) in [5, 5.41) is 18.2. The zero-order chi connectivity index (χ0) is 32.0. The molecule has 1 saturated carbocycles. The number of aliphatic hydroxyl groups excluding tert-OH is 1. The summed E-state index contributed by atoms with van der Waals surface area (Å²) in [6, 6.07) is 15.2. The van der Waals surface area contributed by atoms with Gasteiger partial charge in [-0.15, -0.1) is 0 Å². The molecule has 3 aromatic rings. The van der Waals surface area contributed by atoms with Crippen molar-refractivity contribution >= 4 is 29.3 Å². The Morgan fingerprint density at radius 3 is 2.07 bits per heavy atom. The summed E-state index contributed by atoms with van der Waals surface area (Å²) in [5.74, 6) is -0.943. The number of rotatable bonds is 8. The second-order valence-corrected chi connectivity index (χ2v) is 12.9. The number of hydrogen-bond acceptors (Lipinski definition) is 5. The molecule has 0 radical (unpaired) electrons. The lowest BCUT2D eigenvalue weighted by Gasteiger charge is -2.32. The van der Waals surface area contributed by atoms with Gasteiger partial charge in [0.05, 0.1) is 17.9 Å². The lowest BCUT2D eigenvalue weighted by Crippen LogP contribution is -2.50. The Labute approximate surface area is 260 Å². The molecule has 0 heterocycles. The topological polar surface area (TPSA) is 117 Å². The summed E-state index contributed by atoms with van der Waals surface area (Å²) in [6.45, 7) is 11.5. The Morgan fingerprint density at radius 2 is 1.48 bits per heavy atom. The molecule has 8 nitrogen and oxygen atoms in total. The van der Waals surface area contributed by atoms with Crippen molar-refractivity contribution in [2.75, 3.05) is 10.6 Å². The number of aryl methyl sites for hydroxylation is 3. The van der Waals surface area contributed by atoms with E-state index in [9.17, 15) is 19.5 Å². The van der Waals surface area contributed by atoms with Crippen molar-refractivity contribution in [2.24, 2.45) is 5.41 Å². The summed E-state index contributed by atoms with van der Waals surface area (Å²) in [6.07, 6.45) is 4.72. The summed E-state index contributed by atoms with van der Waals surface area (Å²) in [7, 11) is 0. The SMILES string of the molecule is Cc1cc(C)c(NC(=O)Nc2cc(-c3ccc(CO)cc3)ccc2C(=O)N[C@H](C(=O)OC2CCCCC2)C(C)(C)C)c(C)c1. The van der Waals surface area contributed by atoms with Crippen molar-refractivity contribution in [3.05, 3.63) is 82.4 Å². The Morgan fingerprint density at radius 1 is 0.864 bits per heavy atom. The van der Waals surface area contributed by atoms with Crippen LogP contribution in [0.2, 0.25) is 0 Å². The molecular weight excluding hydrogens is 554 g/mol. The molecule has 1 atom stereocenters. The third kappa shape index (κ3) is 8.26. The second-order valence-electron chi connectivity index (χ2n) is 12.9. The monoisotopic (exact) mass is 599 g/mol. The van der Waals surface area contributed by atoms with Crippen LogP contribution in [0.1, 0.15) is 85.5 Å². The molecule has 3 aromatic carbocycles. The molecule has 0 saturated heterocycles. The van der Waals surface area contributed by atoms with Crippen LogP contribution >= 0.6 is 0 Å². The van der Waals surface area contributed by atoms with Crippen LogP contribution < -0.4 is 16.0 Å². The first-order chi connectivity index (χ1) is 20.8. The maximum absolute atomic E-state index is 13.8. The quantitative estimate of drug-likeness (QED) is 0.201. The van der Waals surface area contributed by atoms with Crippen LogP contribution in [-0.4, -0.2) is 35.2 Å². The number of benzene rings is 3. The Bertz CT molecular complexity index is 1480. The molecule has 1 fully saturated rings. The van der Waals surface area contributed by atoms with Gasteiger partial charge in [0, 0.05) is 5.69 Å². The number of amides is 3. The number of anilines is 2. The van der Waals surface area contributed by atoms with Gasteiger partial charge in [0.15, 0.2) is 0 Å². The van der Waals surface area contributed by atoms with Crippen molar-refractivity contribution in [3.8, 4) is 11.1 Å². The predicted molar refractivity (Wildman–Crippen MR) is 175 cm³/mol. The van der Waals surface area contributed by atoms with Gasteiger partial charge >= 0.3 is 12.0 Å². The first-order valence-electron chi connectivity index (χ1n) is 15.4. The smallest absolute Gasteiger partial charge is 0.329 e. The second kappa shape index (κ2) is 14.1. The van der Waals surface area contributed by atoms with Gasteiger partial charge in [0.25, 0.3) is 5.91 Å². The summed E-state index contributed by atoms with van der Waals surface area (Å²) in [5.41, 5.74) is 5.96. The fraction of sp³-hybridized carbons (Fsp3) is 0.417. The van der Waals surface area contributed by atoms with Crippen LogP contribution in [0.3, 0.4) is 0 Å². The minimum absolute atomic E-state index is 0.0671. The van der Waals surface area contributed by atoms with E-state index in [0.717, 1.165) is 65.5 Å². The maximum Gasteiger partial charge on any atom is 0.329 e. The van der Waals surface area contributed by atoms with Crippen molar-refractivity contribution in [2.45, 2.75) is 92.4 Å². The number of aliphatic hydroxyl groups is 1. The maximum atomic E-state index is 13.8. The van der Waals surface area contributed by atoms with E-state index in [2.05, 4.69) is 16.0 Å². The van der Waals surface area contributed by atoms with Crippen molar-refractivity contribution in [3.63, 3.8) is 0 Å². The van der Waals surface area contributed by atoms with E-state index in [4.69, 9.17) is 4.74 Å². The highest BCUT2D eigenvalue weighted by atomic mass is 16.5. The summed E-state index contributed by atoms with van der Waals surface area (Å²) >= 11 is 0. The van der Waals surface area contributed by atoms with E-state index in [1.54, 1.807) is 18.2 Å². The van der Waals surface area contributed by atoms with Crippen LogP contribution in [-0.2, 0) is 16.1 Å². The van der Waals surface area contributed by atoms with Crippen LogP contribution in [0.5, 0.6) is 0 Å². The molecule has 3 amide bonds. The fourth-order valence-corrected chi connectivity index (χ4v) is 5.73. The van der Waals surface area contributed by atoms with Crippen molar-refractivity contribution in [1.29, 1.82) is 0 Å². The average molecular weight is 600 g/mol. The molecule has 4 N–H and O–H groups in total. The average Bonchev–Trinajstić information content (AvgIpc) is 2.97. The lowest BCUT2D eigenvalue weighted by molar-refractivity contribution is -0.155. The van der Waals surface area contributed by atoms with Gasteiger partial charge in [-0.3, -0.25) is 4.79 Å². The number of ether oxygens (including phenoxy) is 1. The largest absolute Gasteiger partial charge is 0.461 e. The normalized spacial score (nSPS) is 14.4. The highest BCUT2D eigenvalue weighted by molar-refractivity contribution is 6.08. The van der Waals surface area contributed by atoms with Crippen molar-refractivity contribution in [1.82, 2.24) is 5.32 Å². The van der Waals surface area contributed by atoms with Gasteiger partial charge in [-0.25, -0.2) is 9.59 Å². The Balaban J connectivity index is 1.64. The molecule has 8 heteroatoms. The molecule has 1 aliphatic rings. The molecule has 0 spiro atoms. The van der Waals surface area contributed by atoms with E-state index >= 15 is 0 Å². The van der Waals surface area contributed by atoms with E-state index in [1.807, 2.05) is 77.9 Å². The standard InChI is InChI=1S/C36H45N3O5/c1-22-18-23(2)31(24(3)19-22)38-35(43)37-30-20-27(26-14-12-25(21-40)13-15-26)16-17-29(30)33(41)39-32(36(4,5)6)34(42)44-28-10-8-7-9-11-28/h12-20,28,32,40H,7-11,21H2,1-6H3,(H,39,41)(H2,37,38,43)/t32-/m1/s1. The van der Waals surface area contributed by atoms with E-state index in [1.165, 1.54) is 0 Å². The molecule has 0 bridgehead atoms. The van der Waals surface area contributed by atoms with Crippen LogP contribution in [0, 0.1) is 26.2 Å². The fourth-order valence-electron chi connectivity index (χ4n) is 5.73. The summed E-state index contributed by atoms with van der Waals surface area (Å²) < 4.78 is 5.85. The molecule has 1 aliphatic carbocycles. The van der Waals surface area contributed by atoms with Gasteiger partial charge in [-0.05, 0) is 91.8 Å². The molecule has 44 heavy (non-hydrogen) atoms. The molecule has 234 valence electrons. The van der Waals surface area contributed by atoms with Gasteiger partial charge < -0.3 is 25.8 Å². The third-order valence-corrected chi connectivity index (χ3v) is 8.11. The van der Waals surface area contributed by atoms with Gasteiger partial charge in [-0.2, -0.15) is 0 Å². The first-order valence-corrected chi connectivity index (χ1v) is 15.4. The zero-order valence-corrected chi connectivity index (χ0v) is 26.7. The number of urea groups is 1. The molecule has 0 aliphatic heterocycles. The summed E-state index contributed by atoms with van der Waals surface area (Å²) in [4.78, 5) is 40.5. The van der Waals surface area contributed by atoms with Crippen molar-refractivity contribution < 1.29 is 24.2 Å². The van der Waals surface area contributed by atoms with Gasteiger partial charge in [0.2, 0.25) is 0 Å². The number of nitrogens with one attached hydrogen (secondary N) is 3. The third-order valence-electron chi connectivity index (χ3n) is 8.11.